The maximum Gasteiger partial charge on any atom is 0.258 e. The van der Waals surface area contributed by atoms with Gasteiger partial charge in [-0.15, -0.1) is 11.3 Å². The number of methoxy groups -OCH3 is 2. The topological polar surface area (TPSA) is 85.4 Å². The van der Waals surface area contributed by atoms with E-state index in [2.05, 4.69) is 20.6 Å². The number of thiophene rings is 1. The van der Waals surface area contributed by atoms with E-state index in [1.54, 1.807) is 11.4 Å². The highest BCUT2D eigenvalue weighted by atomic mass is 127. The number of nitrogens with zero attached hydrogens (tertiary/aromatic N) is 2. The van der Waals surface area contributed by atoms with E-state index in [1.165, 1.54) is 14.2 Å². The Kier molecular flexibility index (Phi) is 7.00. The highest BCUT2D eigenvalue weighted by molar-refractivity contribution is 14.1. The average Bonchev–Trinajstić information content (AvgIpc) is 3.27. The summed E-state index contributed by atoms with van der Waals surface area (Å²) in [6, 6.07) is 3.44. The van der Waals surface area contributed by atoms with Gasteiger partial charge in [-0.25, -0.2) is 23.1 Å². The zero-order valence-electron chi connectivity index (χ0n) is 17.3. The van der Waals surface area contributed by atoms with Crippen molar-refractivity contribution in [2.75, 3.05) is 24.9 Å². The van der Waals surface area contributed by atoms with Gasteiger partial charge in [0.25, 0.3) is 5.91 Å². The van der Waals surface area contributed by atoms with Gasteiger partial charge < -0.3 is 20.1 Å². The van der Waals surface area contributed by atoms with Crippen molar-refractivity contribution < 1.29 is 27.4 Å². The van der Waals surface area contributed by atoms with Crippen LogP contribution in [0.5, 0.6) is 11.5 Å². The molecule has 0 aliphatic rings. The summed E-state index contributed by atoms with van der Waals surface area (Å²) in [5.74, 6) is -3.95. The van der Waals surface area contributed by atoms with Crippen LogP contribution in [-0.2, 0) is 0 Å². The number of anilines is 3. The van der Waals surface area contributed by atoms with Crippen molar-refractivity contribution in [3.63, 3.8) is 0 Å². The van der Waals surface area contributed by atoms with Crippen LogP contribution in [0.3, 0.4) is 0 Å². The van der Waals surface area contributed by atoms with Gasteiger partial charge in [-0.1, -0.05) is 11.6 Å². The molecule has 0 atom stereocenters. The lowest BCUT2D eigenvalue weighted by molar-refractivity contribution is 0.102. The number of carbonyl (C=O) groups is 1. The predicted molar refractivity (Wildman–Crippen MR) is 132 cm³/mol. The van der Waals surface area contributed by atoms with Gasteiger partial charge in [0, 0.05) is 11.4 Å². The van der Waals surface area contributed by atoms with E-state index in [0.29, 0.717) is 25.5 Å². The van der Waals surface area contributed by atoms with Crippen molar-refractivity contribution in [1.82, 2.24) is 9.97 Å². The molecule has 4 rings (SSSR count). The zero-order valence-corrected chi connectivity index (χ0v) is 21.0. The second-order valence-corrected chi connectivity index (χ2v) is 8.97. The lowest BCUT2D eigenvalue weighted by Crippen LogP contribution is -2.14. The third kappa shape index (κ3) is 4.32. The Labute approximate surface area is 213 Å². The van der Waals surface area contributed by atoms with Crippen LogP contribution < -0.4 is 20.1 Å². The van der Waals surface area contributed by atoms with Crippen molar-refractivity contribution in [3.8, 4) is 11.5 Å². The van der Waals surface area contributed by atoms with E-state index in [0.717, 1.165) is 29.8 Å². The second kappa shape index (κ2) is 9.80. The van der Waals surface area contributed by atoms with Crippen molar-refractivity contribution in [3.05, 3.63) is 61.5 Å². The molecule has 0 fully saturated rings. The molecule has 0 spiro atoms. The summed E-state index contributed by atoms with van der Waals surface area (Å²) in [4.78, 5) is 21.3. The van der Waals surface area contributed by atoms with Gasteiger partial charge >= 0.3 is 0 Å². The monoisotopic (exact) mass is 620 g/mol. The van der Waals surface area contributed by atoms with Crippen LogP contribution in [0.4, 0.5) is 30.4 Å². The molecular formula is C21H13ClF3IN4O3S. The fourth-order valence-electron chi connectivity index (χ4n) is 3.03. The molecular weight excluding hydrogens is 608 g/mol. The van der Waals surface area contributed by atoms with Crippen molar-refractivity contribution in [1.29, 1.82) is 0 Å². The molecule has 0 saturated carbocycles. The first-order valence-corrected chi connectivity index (χ1v) is 11.6. The summed E-state index contributed by atoms with van der Waals surface area (Å²) in [7, 11) is 2.91. The standard InChI is InChI=1S/C21H13ClF3IN4O3S/c1-32-11-5-12(33-2)16(26)18(13(11)22)30-21(31)8-6-34-19-17(8)27-7-28-20(19)29-10-4-3-9(23)14(24)15(10)25/h3-7H,1-2H3,(H,30,31)(H,27,28,29). The number of nitrogens with one attached hydrogen (secondary N) is 2. The van der Waals surface area contributed by atoms with E-state index in [1.807, 2.05) is 22.6 Å². The normalized spacial score (nSPS) is 10.9. The maximum atomic E-state index is 14.1. The first-order valence-electron chi connectivity index (χ1n) is 9.30. The summed E-state index contributed by atoms with van der Waals surface area (Å²) in [5, 5.41) is 7.10. The Morgan fingerprint density at radius 1 is 1.12 bits per heavy atom. The zero-order chi connectivity index (χ0) is 24.6. The number of fused-ring (bicyclic) bond motifs is 1. The third-order valence-corrected chi connectivity index (χ3v) is 7.12. The summed E-state index contributed by atoms with van der Waals surface area (Å²) in [6.45, 7) is 0. The van der Waals surface area contributed by atoms with E-state index in [-0.39, 0.29) is 27.6 Å². The van der Waals surface area contributed by atoms with Gasteiger partial charge in [-0.05, 0) is 34.7 Å². The number of carbonyl (C=O) groups excluding carboxylic acids is 1. The molecule has 0 saturated heterocycles. The van der Waals surface area contributed by atoms with Crippen molar-refractivity contribution in [2.45, 2.75) is 0 Å². The van der Waals surface area contributed by atoms with Gasteiger partial charge in [-0.3, -0.25) is 4.79 Å². The molecule has 2 aromatic carbocycles. The first kappa shape index (κ1) is 24.3. The largest absolute Gasteiger partial charge is 0.495 e. The molecule has 0 aliphatic heterocycles. The maximum absolute atomic E-state index is 14.1. The Morgan fingerprint density at radius 2 is 1.85 bits per heavy atom. The molecule has 176 valence electrons. The molecule has 34 heavy (non-hydrogen) atoms. The molecule has 4 aromatic rings. The highest BCUT2D eigenvalue weighted by Crippen LogP contribution is 2.42. The Balaban J connectivity index is 1.70. The fourth-order valence-corrected chi connectivity index (χ4v) is 5.18. The average molecular weight is 621 g/mol. The van der Waals surface area contributed by atoms with Crippen LogP contribution in [0.15, 0.2) is 29.9 Å². The number of benzene rings is 2. The molecule has 0 radical (unpaired) electrons. The van der Waals surface area contributed by atoms with Gasteiger partial charge in [0.15, 0.2) is 23.3 Å². The molecule has 2 heterocycles. The van der Waals surface area contributed by atoms with Gasteiger partial charge in [0.05, 0.1) is 44.9 Å². The SMILES string of the molecule is COc1cc(OC)c(I)c(NC(=O)c2csc3c(Nc4ccc(F)c(F)c4F)ncnc23)c1Cl. The Morgan fingerprint density at radius 3 is 2.56 bits per heavy atom. The molecule has 0 bridgehead atoms. The Bertz CT molecular complexity index is 1410. The van der Waals surface area contributed by atoms with Crippen molar-refractivity contribution >= 4 is 78.8 Å². The smallest absolute Gasteiger partial charge is 0.258 e. The lowest BCUT2D eigenvalue weighted by atomic mass is 10.2. The highest BCUT2D eigenvalue weighted by Gasteiger charge is 2.23. The number of rotatable bonds is 6. The summed E-state index contributed by atoms with van der Waals surface area (Å²) in [5.41, 5.74) is 0.441. The van der Waals surface area contributed by atoms with Crippen molar-refractivity contribution in [2.24, 2.45) is 0 Å². The molecule has 2 aromatic heterocycles. The van der Waals surface area contributed by atoms with E-state index < -0.39 is 23.4 Å². The number of aromatic nitrogens is 2. The molecule has 0 aliphatic carbocycles. The Hall–Kier alpha value is -2.84. The summed E-state index contributed by atoms with van der Waals surface area (Å²) < 4.78 is 52.5. The molecule has 7 nitrogen and oxygen atoms in total. The number of ether oxygens (including phenoxy) is 2. The minimum absolute atomic E-state index is 0.120. The minimum Gasteiger partial charge on any atom is -0.495 e. The van der Waals surface area contributed by atoms with Crippen LogP contribution in [-0.4, -0.2) is 30.1 Å². The molecule has 1 amide bonds. The van der Waals surface area contributed by atoms with Crippen LogP contribution in [0.2, 0.25) is 5.02 Å². The molecule has 0 unspecified atom stereocenters. The van der Waals surface area contributed by atoms with E-state index >= 15 is 0 Å². The number of hydrogen-bond donors (Lipinski definition) is 2. The van der Waals surface area contributed by atoms with E-state index in [9.17, 15) is 18.0 Å². The lowest BCUT2D eigenvalue weighted by Gasteiger charge is -2.15. The predicted octanol–water partition coefficient (Wildman–Crippen LogP) is 6.38. The fraction of sp³-hybridized carbons (Fsp3) is 0.0952. The van der Waals surface area contributed by atoms with Gasteiger partial charge in [0.1, 0.15) is 22.8 Å². The summed E-state index contributed by atoms with van der Waals surface area (Å²) in [6.07, 6.45) is 1.16. The minimum atomic E-state index is -1.61. The van der Waals surface area contributed by atoms with Crippen LogP contribution in [0.1, 0.15) is 10.4 Å². The van der Waals surface area contributed by atoms with Gasteiger partial charge in [-0.2, -0.15) is 0 Å². The van der Waals surface area contributed by atoms with Gasteiger partial charge in [0.2, 0.25) is 0 Å². The molecule has 13 heteroatoms. The summed E-state index contributed by atoms with van der Waals surface area (Å²) >= 11 is 9.50. The van der Waals surface area contributed by atoms with Crippen LogP contribution in [0.25, 0.3) is 10.2 Å². The number of hydrogen-bond acceptors (Lipinski definition) is 7. The number of halogens is 5. The van der Waals surface area contributed by atoms with Crippen LogP contribution in [0, 0.1) is 21.0 Å². The molecule has 2 N–H and O–H groups in total. The van der Waals surface area contributed by atoms with Crippen LogP contribution >= 0.6 is 45.5 Å². The first-order chi connectivity index (χ1) is 16.3. The third-order valence-electron chi connectivity index (χ3n) is 4.70. The second-order valence-electron chi connectivity index (χ2n) is 6.64. The van der Waals surface area contributed by atoms with E-state index in [4.69, 9.17) is 21.1 Å². The number of amides is 1. The quantitative estimate of drug-likeness (QED) is 0.192.